The average molecular weight is 200 g/mol. The van der Waals surface area contributed by atoms with Gasteiger partial charge in [-0.15, -0.1) is 0 Å². The van der Waals surface area contributed by atoms with Gasteiger partial charge in [0, 0.05) is 5.25 Å². The van der Waals surface area contributed by atoms with E-state index in [9.17, 15) is 0 Å². The predicted molar refractivity (Wildman–Crippen MR) is 63.3 cm³/mol. The first-order valence-electron chi connectivity index (χ1n) is 5.73. The van der Waals surface area contributed by atoms with Gasteiger partial charge in [0.25, 0.3) is 0 Å². The van der Waals surface area contributed by atoms with Crippen molar-refractivity contribution in [3.63, 3.8) is 0 Å². The molecule has 0 aliphatic heterocycles. The molecule has 4 unspecified atom stereocenters. The van der Waals surface area contributed by atoms with E-state index in [1.54, 1.807) is 0 Å². The van der Waals surface area contributed by atoms with Gasteiger partial charge in [-0.2, -0.15) is 11.8 Å². The van der Waals surface area contributed by atoms with Gasteiger partial charge in [0.1, 0.15) is 0 Å². The molecule has 0 amide bonds. The lowest BCUT2D eigenvalue weighted by Gasteiger charge is -2.30. The molecule has 0 bridgehead atoms. The van der Waals surface area contributed by atoms with Gasteiger partial charge in [-0.05, 0) is 30.4 Å². The molecule has 0 heterocycles. The summed E-state index contributed by atoms with van der Waals surface area (Å²) in [5.74, 6) is 2.97. The largest absolute Gasteiger partial charge is 0.162 e. The van der Waals surface area contributed by atoms with Gasteiger partial charge in [-0.3, -0.25) is 0 Å². The highest BCUT2D eigenvalue weighted by Crippen LogP contribution is 2.41. The lowest BCUT2D eigenvalue weighted by molar-refractivity contribution is 0.266. The first-order chi connectivity index (χ1) is 6.20. The van der Waals surface area contributed by atoms with E-state index < -0.39 is 0 Å². The molecule has 0 spiro atoms. The van der Waals surface area contributed by atoms with Crippen LogP contribution in [0.25, 0.3) is 0 Å². The van der Waals surface area contributed by atoms with Crippen molar-refractivity contribution in [3.05, 3.63) is 0 Å². The highest BCUT2D eigenvalue weighted by Gasteiger charge is 2.32. The number of rotatable bonds is 4. The van der Waals surface area contributed by atoms with Crippen LogP contribution in [0.15, 0.2) is 0 Å². The van der Waals surface area contributed by atoms with Crippen LogP contribution in [-0.2, 0) is 0 Å². The maximum absolute atomic E-state index is 2.45. The fourth-order valence-electron chi connectivity index (χ4n) is 2.97. The van der Waals surface area contributed by atoms with Crippen LogP contribution in [0.5, 0.6) is 0 Å². The zero-order valence-corrected chi connectivity index (χ0v) is 10.4. The van der Waals surface area contributed by atoms with Crippen molar-refractivity contribution >= 4 is 11.8 Å². The van der Waals surface area contributed by atoms with Crippen molar-refractivity contribution in [2.75, 3.05) is 6.26 Å². The zero-order chi connectivity index (χ0) is 9.84. The van der Waals surface area contributed by atoms with Crippen LogP contribution in [0, 0.1) is 17.8 Å². The van der Waals surface area contributed by atoms with Crippen LogP contribution in [0.2, 0.25) is 0 Å². The van der Waals surface area contributed by atoms with Crippen molar-refractivity contribution in [1.82, 2.24) is 0 Å². The first-order valence-corrected chi connectivity index (χ1v) is 7.02. The van der Waals surface area contributed by atoms with Gasteiger partial charge >= 0.3 is 0 Å². The Labute approximate surface area is 87.9 Å². The quantitative estimate of drug-likeness (QED) is 0.655. The molecule has 0 aromatic carbocycles. The Hall–Kier alpha value is 0.350. The van der Waals surface area contributed by atoms with Gasteiger partial charge in [0.05, 0.1) is 0 Å². The summed E-state index contributed by atoms with van der Waals surface area (Å²) in [4.78, 5) is 0. The normalized spacial score (nSPS) is 33.2. The van der Waals surface area contributed by atoms with E-state index in [1.165, 1.54) is 25.7 Å². The Balaban J connectivity index is 2.54. The van der Waals surface area contributed by atoms with Crippen LogP contribution in [0.1, 0.15) is 46.5 Å². The number of hydrogen-bond donors (Lipinski definition) is 0. The monoisotopic (exact) mass is 200 g/mol. The molecule has 1 aliphatic carbocycles. The van der Waals surface area contributed by atoms with E-state index in [0.717, 1.165) is 23.0 Å². The topological polar surface area (TPSA) is 0 Å². The van der Waals surface area contributed by atoms with E-state index in [4.69, 9.17) is 0 Å². The summed E-state index contributed by atoms with van der Waals surface area (Å²) >= 11 is 2.05. The van der Waals surface area contributed by atoms with Gasteiger partial charge in [0.2, 0.25) is 0 Å². The molecule has 0 aromatic rings. The Morgan fingerprint density at radius 2 is 2.08 bits per heavy atom. The minimum atomic E-state index is 0.857. The lowest BCUT2D eigenvalue weighted by atomic mass is 9.81. The van der Waals surface area contributed by atoms with Crippen molar-refractivity contribution in [2.45, 2.75) is 51.7 Å². The third kappa shape index (κ3) is 2.65. The summed E-state index contributed by atoms with van der Waals surface area (Å²) in [6.07, 6.45) is 8.07. The molecule has 0 radical (unpaired) electrons. The molecular weight excluding hydrogens is 176 g/mol. The second-order valence-corrected chi connectivity index (χ2v) is 5.80. The number of thioether (sulfide) groups is 1. The fourth-order valence-corrected chi connectivity index (χ4v) is 3.71. The molecule has 1 rings (SSSR count). The van der Waals surface area contributed by atoms with Crippen molar-refractivity contribution in [2.24, 2.45) is 17.8 Å². The Bertz CT molecular complexity index is 144. The van der Waals surface area contributed by atoms with Crippen molar-refractivity contribution in [3.8, 4) is 0 Å². The standard InChI is InChI=1S/C12H24S/c1-5-11(10(3)13-4)12-8-6-7-9(12)2/h9-12H,5-8H2,1-4H3. The third-order valence-electron chi connectivity index (χ3n) is 3.92. The van der Waals surface area contributed by atoms with Gasteiger partial charge < -0.3 is 0 Å². The molecule has 1 saturated carbocycles. The van der Waals surface area contributed by atoms with Gasteiger partial charge in [-0.1, -0.05) is 40.0 Å². The van der Waals surface area contributed by atoms with Gasteiger partial charge in [-0.25, -0.2) is 0 Å². The molecule has 4 atom stereocenters. The van der Waals surface area contributed by atoms with Crippen LogP contribution in [0.4, 0.5) is 0 Å². The molecule has 0 saturated heterocycles. The average Bonchev–Trinajstić information content (AvgIpc) is 2.53. The van der Waals surface area contributed by atoms with Gasteiger partial charge in [0.15, 0.2) is 0 Å². The molecule has 1 aliphatic rings. The molecule has 78 valence electrons. The minimum absolute atomic E-state index is 0.857. The molecule has 0 aromatic heterocycles. The van der Waals surface area contributed by atoms with E-state index in [2.05, 4.69) is 27.0 Å². The Kier molecular flexibility index (Phi) is 4.64. The molecule has 1 fully saturated rings. The van der Waals surface area contributed by atoms with Crippen molar-refractivity contribution in [1.29, 1.82) is 0 Å². The first kappa shape index (κ1) is 11.4. The minimum Gasteiger partial charge on any atom is -0.162 e. The molecule has 0 N–H and O–H groups in total. The molecular formula is C12H24S. The van der Waals surface area contributed by atoms with E-state index in [1.807, 2.05) is 11.8 Å². The summed E-state index contributed by atoms with van der Waals surface area (Å²) in [5.41, 5.74) is 0. The highest BCUT2D eigenvalue weighted by atomic mass is 32.2. The Morgan fingerprint density at radius 1 is 1.38 bits per heavy atom. The molecule has 1 heteroatoms. The zero-order valence-electron chi connectivity index (χ0n) is 9.55. The summed E-state index contributed by atoms with van der Waals surface area (Å²) in [6, 6.07) is 0. The maximum Gasteiger partial charge on any atom is 0.00468 e. The summed E-state index contributed by atoms with van der Waals surface area (Å²) < 4.78 is 0. The summed E-state index contributed by atoms with van der Waals surface area (Å²) in [7, 11) is 0. The van der Waals surface area contributed by atoms with Crippen molar-refractivity contribution < 1.29 is 0 Å². The van der Waals surface area contributed by atoms with E-state index >= 15 is 0 Å². The van der Waals surface area contributed by atoms with Crippen LogP contribution in [-0.4, -0.2) is 11.5 Å². The van der Waals surface area contributed by atoms with E-state index in [-0.39, 0.29) is 0 Å². The number of hydrogen-bond acceptors (Lipinski definition) is 1. The highest BCUT2D eigenvalue weighted by molar-refractivity contribution is 7.99. The summed E-state index contributed by atoms with van der Waals surface area (Å²) in [5, 5.41) is 0.857. The van der Waals surface area contributed by atoms with Crippen LogP contribution < -0.4 is 0 Å². The van der Waals surface area contributed by atoms with Crippen LogP contribution in [0.3, 0.4) is 0 Å². The maximum atomic E-state index is 2.45. The molecule has 13 heavy (non-hydrogen) atoms. The Morgan fingerprint density at radius 3 is 2.46 bits per heavy atom. The SMILES string of the molecule is CCC(C(C)SC)C1CCCC1C. The second kappa shape index (κ2) is 5.29. The van der Waals surface area contributed by atoms with E-state index in [0.29, 0.717) is 0 Å². The predicted octanol–water partition coefficient (Wildman–Crippen LogP) is 4.20. The smallest absolute Gasteiger partial charge is 0.00468 e. The fraction of sp³-hybridized carbons (Fsp3) is 1.00. The third-order valence-corrected chi connectivity index (χ3v) is 5.02. The lowest BCUT2D eigenvalue weighted by Crippen LogP contribution is -2.24. The molecule has 0 nitrogen and oxygen atoms in total. The van der Waals surface area contributed by atoms with Crippen LogP contribution >= 0.6 is 11.8 Å². The second-order valence-electron chi connectivity index (χ2n) is 4.58. The summed E-state index contributed by atoms with van der Waals surface area (Å²) in [6.45, 7) is 7.22.